The van der Waals surface area contributed by atoms with Crippen LogP contribution in [0.3, 0.4) is 0 Å². The van der Waals surface area contributed by atoms with Crippen molar-refractivity contribution in [2.24, 2.45) is 5.92 Å². The zero-order valence-corrected chi connectivity index (χ0v) is 8.18. The number of rotatable bonds is 2. The highest BCUT2D eigenvalue weighted by Gasteiger charge is 2.31. The van der Waals surface area contributed by atoms with Crippen LogP contribution < -0.4 is 10.6 Å². The summed E-state index contributed by atoms with van der Waals surface area (Å²) in [5.41, 5.74) is 0. The van der Waals surface area contributed by atoms with Gasteiger partial charge >= 0.3 is 0 Å². The molecule has 0 aromatic rings. The van der Waals surface area contributed by atoms with Gasteiger partial charge in [0, 0.05) is 18.0 Å². The van der Waals surface area contributed by atoms with Gasteiger partial charge < -0.3 is 10.6 Å². The molecule has 1 saturated carbocycles. The summed E-state index contributed by atoms with van der Waals surface area (Å²) in [7, 11) is 0. The number of hydrogen-bond donors (Lipinski definition) is 2. The fourth-order valence-corrected chi connectivity index (χ4v) is 1.93. The number of amides is 1. The first-order valence-electron chi connectivity index (χ1n) is 5.29. The van der Waals surface area contributed by atoms with Gasteiger partial charge in [-0.1, -0.05) is 0 Å². The quantitative estimate of drug-likeness (QED) is 0.658. The molecule has 0 radical (unpaired) electrons. The molecule has 3 heteroatoms. The van der Waals surface area contributed by atoms with Crippen LogP contribution in [0.15, 0.2) is 0 Å². The minimum Gasteiger partial charge on any atom is -0.353 e. The summed E-state index contributed by atoms with van der Waals surface area (Å²) in [4.78, 5) is 11.4. The number of carbonyl (C=O) groups excluding carboxylic acids is 1. The van der Waals surface area contributed by atoms with Gasteiger partial charge in [0.1, 0.15) is 0 Å². The third-order valence-corrected chi connectivity index (χ3v) is 2.92. The van der Waals surface area contributed by atoms with Crippen LogP contribution in [-0.4, -0.2) is 24.5 Å². The van der Waals surface area contributed by atoms with E-state index in [0.29, 0.717) is 23.9 Å². The van der Waals surface area contributed by atoms with E-state index in [1.165, 1.54) is 0 Å². The Morgan fingerprint density at radius 2 is 2.15 bits per heavy atom. The first-order chi connectivity index (χ1) is 6.25. The summed E-state index contributed by atoms with van der Waals surface area (Å²) >= 11 is 0. The van der Waals surface area contributed by atoms with Gasteiger partial charge in [0.25, 0.3) is 0 Å². The van der Waals surface area contributed by atoms with Crippen molar-refractivity contribution in [2.45, 2.75) is 44.7 Å². The van der Waals surface area contributed by atoms with Crippen molar-refractivity contribution in [3.05, 3.63) is 0 Å². The van der Waals surface area contributed by atoms with E-state index in [1.807, 2.05) is 0 Å². The molecule has 3 nitrogen and oxygen atoms in total. The molecule has 1 heterocycles. The maximum absolute atomic E-state index is 11.4. The normalized spacial score (nSPS) is 34.2. The van der Waals surface area contributed by atoms with E-state index in [1.54, 1.807) is 0 Å². The molecular weight excluding hydrogens is 164 g/mol. The molecule has 13 heavy (non-hydrogen) atoms. The Balaban J connectivity index is 1.76. The predicted octanol–water partition coefficient (Wildman–Crippen LogP) is 0.653. The Morgan fingerprint density at radius 3 is 2.77 bits per heavy atom. The smallest absolute Gasteiger partial charge is 0.223 e. The third-order valence-electron chi connectivity index (χ3n) is 2.92. The van der Waals surface area contributed by atoms with E-state index in [-0.39, 0.29) is 0 Å². The lowest BCUT2D eigenvalue weighted by Gasteiger charge is -2.28. The summed E-state index contributed by atoms with van der Waals surface area (Å²) < 4.78 is 0. The molecule has 2 rings (SSSR count). The monoisotopic (exact) mass is 182 g/mol. The minimum atomic E-state index is 0.291. The average Bonchev–Trinajstić information content (AvgIpc) is 2.85. The van der Waals surface area contributed by atoms with Crippen LogP contribution in [0.25, 0.3) is 0 Å². The average molecular weight is 182 g/mol. The molecule has 0 aromatic heterocycles. The zero-order valence-electron chi connectivity index (χ0n) is 8.18. The van der Waals surface area contributed by atoms with Crippen molar-refractivity contribution in [3.8, 4) is 0 Å². The molecule has 74 valence electrons. The SMILES string of the molecule is CC1CC(NC(=O)C2CC2)CCN1. The Bertz CT molecular complexity index is 201. The third kappa shape index (κ3) is 2.44. The van der Waals surface area contributed by atoms with Crippen molar-refractivity contribution in [1.82, 2.24) is 10.6 Å². The van der Waals surface area contributed by atoms with E-state index in [2.05, 4.69) is 17.6 Å². The molecule has 1 saturated heterocycles. The molecule has 2 N–H and O–H groups in total. The van der Waals surface area contributed by atoms with Crippen molar-refractivity contribution >= 4 is 5.91 Å². The number of nitrogens with one attached hydrogen (secondary N) is 2. The molecule has 0 bridgehead atoms. The Hall–Kier alpha value is -0.570. The highest BCUT2D eigenvalue weighted by Crippen LogP contribution is 2.29. The minimum absolute atomic E-state index is 0.291. The van der Waals surface area contributed by atoms with E-state index in [4.69, 9.17) is 0 Å². The van der Waals surface area contributed by atoms with Gasteiger partial charge in [-0.2, -0.15) is 0 Å². The van der Waals surface area contributed by atoms with Crippen LogP contribution in [0.5, 0.6) is 0 Å². The summed E-state index contributed by atoms with van der Waals surface area (Å²) in [5, 5.41) is 6.51. The maximum Gasteiger partial charge on any atom is 0.223 e. The number of piperidine rings is 1. The maximum atomic E-state index is 11.4. The second kappa shape index (κ2) is 3.66. The molecule has 0 spiro atoms. The largest absolute Gasteiger partial charge is 0.353 e. The lowest BCUT2D eigenvalue weighted by atomic mass is 10.0. The van der Waals surface area contributed by atoms with Crippen molar-refractivity contribution < 1.29 is 4.79 Å². The number of carbonyl (C=O) groups is 1. The molecule has 0 aromatic carbocycles. The molecular formula is C10H18N2O. The molecule has 1 amide bonds. The van der Waals surface area contributed by atoms with Gasteiger partial charge in [0.2, 0.25) is 5.91 Å². The van der Waals surface area contributed by atoms with Crippen LogP contribution >= 0.6 is 0 Å². The summed E-state index contributed by atoms with van der Waals surface area (Å²) in [6, 6.07) is 0.975. The Labute approximate surface area is 79.3 Å². The van der Waals surface area contributed by atoms with Gasteiger partial charge in [0.05, 0.1) is 0 Å². The second-order valence-electron chi connectivity index (χ2n) is 4.36. The molecule has 2 fully saturated rings. The van der Waals surface area contributed by atoms with Crippen LogP contribution in [-0.2, 0) is 4.79 Å². The van der Waals surface area contributed by atoms with Crippen LogP contribution in [0.2, 0.25) is 0 Å². The molecule has 2 aliphatic rings. The van der Waals surface area contributed by atoms with Crippen molar-refractivity contribution in [1.29, 1.82) is 0 Å². The summed E-state index contributed by atoms with van der Waals surface area (Å²) in [6.45, 7) is 3.21. The van der Waals surface area contributed by atoms with Crippen LogP contribution in [0.4, 0.5) is 0 Å². The van der Waals surface area contributed by atoms with E-state index >= 15 is 0 Å². The fourth-order valence-electron chi connectivity index (χ4n) is 1.93. The van der Waals surface area contributed by atoms with Gasteiger partial charge in [-0.15, -0.1) is 0 Å². The van der Waals surface area contributed by atoms with Crippen molar-refractivity contribution in [3.63, 3.8) is 0 Å². The van der Waals surface area contributed by atoms with Crippen LogP contribution in [0.1, 0.15) is 32.6 Å². The van der Waals surface area contributed by atoms with E-state index in [0.717, 1.165) is 32.2 Å². The van der Waals surface area contributed by atoms with Gasteiger partial charge in [-0.25, -0.2) is 0 Å². The lowest BCUT2D eigenvalue weighted by Crippen LogP contribution is -2.46. The summed E-state index contributed by atoms with van der Waals surface area (Å²) in [6.07, 6.45) is 4.37. The summed E-state index contributed by atoms with van der Waals surface area (Å²) in [5.74, 6) is 0.643. The van der Waals surface area contributed by atoms with Crippen LogP contribution in [0, 0.1) is 5.92 Å². The number of hydrogen-bond acceptors (Lipinski definition) is 2. The zero-order chi connectivity index (χ0) is 9.26. The highest BCUT2D eigenvalue weighted by molar-refractivity contribution is 5.81. The second-order valence-corrected chi connectivity index (χ2v) is 4.36. The van der Waals surface area contributed by atoms with Crippen molar-refractivity contribution in [2.75, 3.05) is 6.54 Å². The first-order valence-corrected chi connectivity index (χ1v) is 5.29. The first kappa shape index (κ1) is 9.00. The molecule has 1 aliphatic carbocycles. The standard InChI is InChI=1S/C10H18N2O/c1-7-6-9(4-5-11-7)12-10(13)8-2-3-8/h7-9,11H,2-6H2,1H3,(H,12,13). The van der Waals surface area contributed by atoms with E-state index < -0.39 is 0 Å². The Morgan fingerprint density at radius 1 is 1.38 bits per heavy atom. The van der Waals surface area contributed by atoms with Gasteiger partial charge in [0.15, 0.2) is 0 Å². The molecule has 2 atom stereocenters. The molecule has 1 aliphatic heterocycles. The predicted molar refractivity (Wildman–Crippen MR) is 51.4 cm³/mol. The highest BCUT2D eigenvalue weighted by atomic mass is 16.2. The lowest BCUT2D eigenvalue weighted by molar-refractivity contribution is -0.123. The Kier molecular flexibility index (Phi) is 2.54. The van der Waals surface area contributed by atoms with Gasteiger partial charge in [-0.3, -0.25) is 4.79 Å². The van der Waals surface area contributed by atoms with Gasteiger partial charge in [-0.05, 0) is 39.2 Å². The topological polar surface area (TPSA) is 41.1 Å². The molecule has 2 unspecified atom stereocenters. The fraction of sp³-hybridized carbons (Fsp3) is 0.900. The van der Waals surface area contributed by atoms with E-state index in [9.17, 15) is 4.79 Å².